The summed E-state index contributed by atoms with van der Waals surface area (Å²) >= 11 is 0. The maximum Gasteiger partial charge on any atom is 0.345 e. The van der Waals surface area contributed by atoms with Crippen molar-refractivity contribution in [2.24, 2.45) is 11.3 Å². The van der Waals surface area contributed by atoms with Crippen LogP contribution in [0.3, 0.4) is 0 Å². The van der Waals surface area contributed by atoms with Crippen LogP contribution in [0.5, 0.6) is 0 Å². The Balaban J connectivity index is 2.27. The van der Waals surface area contributed by atoms with E-state index in [-0.39, 0.29) is 5.56 Å². The van der Waals surface area contributed by atoms with Crippen molar-refractivity contribution < 1.29 is 23.9 Å². The topological polar surface area (TPSA) is 80.8 Å². The van der Waals surface area contributed by atoms with Crippen LogP contribution in [0, 0.1) is 11.3 Å². The first-order valence-electron chi connectivity index (χ1n) is 7.67. The van der Waals surface area contributed by atoms with Gasteiger partial charge in [0.15, 0.2) is 5.92 Å². The van der Waals surface area contributed by atoms with E-state index >= 15 is 0 Å². The van der Waals surface area contributed by atoms with Gasteiger partial charge in [-0.25, -0.2) is 4.79 Å². The zero-order valence-electron chi connectivity index (χ0n) is 14.5. The molecule has 1 atom stereocenters. The van der Waals surface area contributed by atoms with Gasteiger partial charge >= 0.3 is 11.9 Å². The highest BCUT2D eigenvalue weighted by Crippen LogP contribution is 2.41. The number of hydrogen-bond donors (Lipinski definition) is 0. The quantitative estimate of drug-likeness (QED) is 0.471. The molecule has 6 heteroatoms. The monoisotopic (exact) mass is 331 g/mol. The molecule has 2 rings (SSSR count). The summed E-state index contributed by atoms with van der Waals surface area (Å²) in [7, 11) is 0. The zero-order chi connectivity index (χ0) is 18.3. The number of hydrogen-bond acceptors (Lipinski definition) is 5. The van der Waals surface area contributed by atoms with Gasteiger partial charge in [0.1, 0.15) is 0 Å². The van der Waals surface area contributed by atoms with E-state index in [0.29, 0.717) is 0 Å². The van der Waals surface area contributed by atoms with Gasteiger partial charge in [-0.3, -0.25) is 19.3 Å². The molecule has 0 bridgehead atoms. The summed E-state index contributed by atoms with van der Waals surface area (Å²) in [6, 6.07) is 8.00. The van der Waals surface area contributed by atoms with Gasteiger partial charge in [0.25, 0.3) is 0 Å². The average molecular weight is 331 g/mol. The van der Waals surface area contributed by atoms with E-state index in [0.717, 1.165) is 4.90 Å². The predicted octanol–water partition coefficient (Wildman–Crippen LogP) is 2.18. The van der Waals surface area contributed by atoms with Crippen LogP contribution in [0.15, 0.2) is 30.3 Å². The number of benzene rings is 1. The Morgan fingerprint density at radius 1 is 1.08 bits per heavy atom. The minimum Gasteiger partial charge on any atom is -0.389 e. The fourth-order valence-electron chi connectivity index (χ4n) is 2.76. The van der Waals surface area contributed by atoms with Crippen molar-refractivity contribution in [3.8, 4) is 0 Å². The summed E-state index contributed by atoms with van der Waals surface area (Å²) in [6.07, 6.45) is 0. The lowest BCUT2D eigenvalue weighted by atomic mass is 9.81. The van der Waals surface area contributed by atoms with E-state index in [1.165, 1.54) is 26.0 Å². The molecule has 1 heterocycles. The summed E-state index contributed by atoms with van der Waals surface area (Å²) < 4.78 is 4.86. The van der Waals surface area contributed by atoms with E-state index in [2.05, 4.69) is 0 Å². The van der Waals surface area contributed by atoms with E-state index in [1.54, 1.807) is 39.0 Å². The number of amides is 2. The normalized spacial score (nSPS) is 20.2. The molecule has 1 aliphatic rings. The molecule has 24 heavy (non-hydrogen) atoms. The summed E-state index contributed by atoms with van der Waals surface area (Å²) in [5.41, 5.74) is -1.82. The van der Waals surface area contributed by atoms with Gasteiger partial charge in [0.05, 0.1) is 11.0 Å². The lowest BCUT2D eigenvalue weighted by Crippen LogP contribution is -2.46. The molecule has 1 aliphatic heterocycles. The molecule has 0 spiro atoms. The molecule has 0 saturated carbocycles. The van der Waals surface area contributed by atoms with Crippen molar-refractivity contribution in [1.29, 1.82) is 0 Å². The largest absolute Gasteiger partial charge is 0.389 e. The second kappa shape index (κ2) is 5.85. The van der Waals surface area contributed by atoms with Crippen LogP contribution in [0.1, 0.15) is 45.0 Å². The number of imide groups is 1. The number of likely N-dealkylation sites (tertiary alicyclic amines) is 1. The average Bonchev–Trinajstić information content (AvgIpc) is 2.64. The van der Waals surface area contributed by atoms with Crippen molar-refractivity contribution >= 4 is 23.8 Å². The standard InChI is InChI=1S/C18H21NO5/c1-17(2,3)19-13(20)12(18(4,5)16(19)23)15(22)24-14(21)11-9-7-6-8-10-11/h6-10,12H,1-5H3. The van der Waals surface area contributed by atoms with Gasteiger partial charge in [0, 0.05) is 5.54 Å². The van der Waals surface area contributed by atoms with Crippen molar-refractivity contribution in [2.75, 3.05) is 0 Å². The molecule has 0 aromatic heterocycles. The highest BCUT2D eigenvalue weighted by molar-refractivity contribution is 6.17. The summed E-state index contributed by atoms with van der Waals surface area (Å²) in [4.78, 5) is 50.7. The van der Waals surface area contributed by atoms with Crippen LogP contribution in [0.2, 0.25) is 0 Å². The first-order valence-corrected chi connectivity index (χ1v) is 7.67. The molecule has 2 amide bonds. The molecule has 0 radical (unpaired) electrons. The molecule has 0 aliphatic carbocycles. The Labute approximate surface area is 140 Å². The fraction of sp³-hybridized carbons (Fsp3) is 0.444. The maximum absolute atomic E-state index is 12.6. The number of carbonyl (C=O) groups is 4. The number of carbonyl (C=O) groups excluding carboxylic acids is 4. The second-order valence-corrected chi connectivity index (χ2v) is 7.38. The van der Waals surface area contributed by atoms with Crippen molar-refractivity contribution in [3.63, 3.8) is 0 Å². The number of rotatable bonds is 2. The van der Waals surface area contributed by atoms with E-state index < -0.39 is 40.6 Å². The Hall–Kier alpha value is -2.50. The third-order valence-electron chi connectivity index (χ3n) is 4.05. The highest BCUT2D eigenvalue weighted by Gasteiger charge is 2.60. The molecular weight excluding hydrogens is 310 g/mol. The van der Waals surface area contributed by atoms with Gasteiger partial charge in [-0.05, 0) is 46.8 Å². The predicted molar refractivity (Wildman–Crippen MR) is 85.7 cm³/mol. The van der Waals surface area contributed by atoms with Gasteiger partial charge in [0.2, 0.25) is 11.8 Å². The molecule has 1 fully saturated rings. The number of esters is 2. The fourth-order valence-corrected chi connectivity index (χ4v) is 2.76. The molecule has 0 N–H and O–H groups in total. The SMILES string of the molecule is CC1(C)C(=O)N(C(C)(C)C)C(=O)C1C(=O)OC(=O)c1ccccc1. The Morgan fingerprint density at radius 2 is 1.62 bits per heavy atom. The van der Waals surface area contributed by atoms with Gasteiger partial charge in [-0.15, -0.1) is 0 Å². The van der Waals surface area contributed by atoms with Crippen molar-refractivity contribution in [1.82, 2.24) is 4.90 Å². The second-order valence-electron chi connectivity index (χ2n) is 7.38. The van der Waals surface area contributed by atoms with Crippen molar-refractivity contribution in [3.05, 3.63) is 35.9 Å². The molecule has 128 valence electrons. The summed E-state index contributed by atoms with van der Waals surface area (Å²) in [6.45, 7) is 8.15. The molecule has 1 unspecified atom stereocenters. The highest BCUT2D eigenvalue weighted by atomic mass is 16.6. The van der Waals surface area contributed by atoms with Crippen LogP contribution in [0.4, 0.5) is 0 Å². The molecule has 1 saturated heterocycles. The van der Waals surface area contributed by atoms with Crippen LogP contribution < -0.4 is 0 Å². The van der Waals surface area contributed by atoms with Crippen LogP contribution in [-0.2, 0) is 19.1 Å². The first-order chi connectivity index (χ1) is 11.0. The third kappa shape index (κ3) is 2.96. The van der Waals surface area contributed by atoms with E-state index in [1.807, 2.05) is 0 Å². The first kappa shape index (κ1) is 17.8. The van der Waals surface area contributed by atoms with E-state index in [4.69, 9.17) is 4.74 Å². The minimum absolute atomic E-state index is 0.202. The summed E-state index contributed by atoms with van der Waals surface area (Å²) in [5.74, 6) is -4.26. The molecule has 1 aromatic rings. The van der Waals surface area contributed by atoms with Crippen LogP contribution in [-0.4, -0.2) is 34.2 Å². The summed E-state index contributed by atoms with van der Waals surface area (Å²) in [5, 5.41) is 0. The maximum atomic E-state index is 12.6. The lowest BCUT2D eigenvalue weighted by molar-refractivity contribution is -0.151. The van der Waals surface area contributed by atoms with E-state index in [9.17, 15) is 19.2 Å². The third-order valence-corrected chi connectivity index (χ3v) is 4.05. The lowest BCUT2D eigenvalue weighted by Gasteiger charge is -2.30. The Kier molecular flexibility index (Phi) is 4.35. The smallest absolute Gasteiger partial charge is 0.345 e. The van der Waals surface area contributed by atoms with Crippen molar-refractivity contribution in [2.45, 2.75) is 40.2 Å². The van der Waals surface area contributed by atoms with Gasteiger partial charge < -0.3 is 4.74 Å². The molecule has 1 aromatic carbocycles. The van der Waals surface area contributed by atoms with Crippen LogP contribution in [0.25, 0.3) is 0 Å². The number of nitrogens with zero attached hydrogens (tertiary/aromatic N) is 1. The number of ether oxygens (including phenoxy) is 1. The Morgan fingerprint density at radius 3 is 2.08 bits per heavy atom. The molecular formula is C18H21NO5. The van der Waals surface area contributed by atoms with Gasteiger partial charge in [-0.1, -0.05) is 18.2 Å². The zero-order valence-corrected chi connectivity index (χ0v) is 14.5. The molecule has 6 nitrogen and oxygen atoms in total. The van der Waals surface area contributed by atoms with Crippen LogP contribution >= 0.6 is 0 Å². The van der Waals surface area contributed by atoms with Gasteiger partial charge in [-0.2, -0.15) is 0 Å². The minimum atomic E-state index is -1.34. The Bertz CT molecular complexity index is 700.